The van der Waals surface area contributed by atoms with Gasteiger partial charge in [0.2, 0.25) is 5.91 Å². The van der Waals surface area contributed by atoms with Gasteiger partial charge in [-0.15, -0.1) is 0 Å². The zero-order valence-corrected chi connectivity index (χ0v) is 21.1. The van der Waals surface area contributed by atoms with Gasteiger partial charge in [-0.25, -0.2) is 0 Å². The lowest BCUT2D eigenvalue weighted by Crippen LogP contribution is -2.47. The van der Waals surface area contributed by atoms with Gasteiger partial charge in [0.15, 0.2) is 11.5 Å². The van der Waals surface area contributed by atoms with E-state index in [9.17, 15) is 9.59 Å². The topological polar surface area (TPSA) is 80.8 Å². The molecule has 1 atom stereocenters. The van der Waals surface area contributed by atoms with Crippen LogP contribution in [-0.2, 0) is 4.79 Å². The number of nitrogens with one attached hydrogen (secondary N) is 1. The standard InChI is InChI=1S/C29H33N3O4/c1-20-12-15-23(16-13-20)32(29(34)24-11-7-8-18-30-24)27(28(33)31-22-9-5-4-6-10-22)21-14-17-25(35-2)26(19-21)36-3/h7-8,11-19,22,27H,4-6,9-10H2,1-3H3,(H,31,33)/t27-/m0/s1. The van der Waals surface area contributed by atoms with Gasteiger partial charge in [-0.3, -0.25) is 19.5 Å². The van der Waals surface area contributed by atoms with E-state index in [1.165, 1.54) is 11.3 Å². The first-order chi connectivity index (χ1) is 17.5. The average molecular weight is 488 g/mol. The van der Waals surface area contributed by atoms with Gasteiger partial charge in [-0.1, -0.05) is 49.1 Å². The second kappa shape index (κ2) is 11.7. The molecule has 0 bridgehead atoms. The SMILES string of the molecule is COc1ccc([C@@H](C(=O)NC2CCCCC2)N(C(=O)c2ccccn2)c2ccc(C)cc2)cc1OC. The average Bonchev–Trinajstić information content (AvgIpc) is 2.92. The summed E-state index contributed by atoms with van der Waals surface area (Å²) in [6.45, 7) is 1.98. The molecule has 0 radical (unpaired) electrons. The molecule has 2 aromatic carbocycles. The number of carbonyl (C=O) groups excluding carboxylic acids is 2. The lowest BCUT2D eigenvalue weighted by Gasteiger charge is -2.33. The van der Waals surface area contributed by atoms with Gasteiger partial charge in [-0.05, 0) is 61.7 Å². The minimum Gasteiger partial charge on any atom is -0.493 e. The minimum atomic E-state index is -0.941. The Morgan fingerprint density at radius 2 is 1.67 bits per heavy atom. The Morgan fingerprint density at radius 3 is 2.31 bits per heavy atom. The van der Waals surface area contributed by atoms with Gasteiger partial charge in [0.25, 0.3) is 5.91 Å². The van der Waals surface area contributed by atoms with Crippen molar-refractivity contribution >= 4 is 17.5 Å². The largest absolute Gasteiger partial charge is 0.493 e. The normalized spacial score (nSPS) is 14.5. The molecular weight excluding hydrogens is 454 g/mol. The number of anilines is 1. The predicted molar refractivity (Wildman–Crippen MR) is 140 cm³/mol. The number of aromatic nitrogens is 1. The first-order valence-electron chi connectivity index (χ1n) is 12.4. The van der Waals surface area contributed by atoms with Crippen LogP contribution in [0.4, 0.5) is 5.69 Å². The lowest BCUT2D eigenvalue weighted by atomic mass is 9.94. The van der Waals surface area contributed by atoms with Gasteiger partial charge in [0, 0.05) is 17.9 Å². The summed E-state index contributed by atoms with van der Waals surface area (Å²) in [5.74, 6) is 0.433. The summed E-state index contributed by atoms with van der Waals surface area (Å²) in [5.41, 5.74) is 2.54. The second-order valence-electron chi connectivity index (χ2n) is 9.09. The van der Waals surface area contributed by atoms with Gasteiger partial charge >= 0.3 is 0 Å². The Hall–Kier alpha value is -3.87. The number of methoxy groups -OCH3 is 2. The smallest absolute Gasteiger partial charge is 0.277 e. The molecule has 0 unspecified atom stereocenters. The molecule has 2 amide bonds. The zero-order valence-electron chi connectivity index (χ0n) is 21.1. The highest BCUT2D eigenvalue weighted by Gasteiger charge is 2.35. The van der Waals surface area contributed by atoms with E-state index in [2.05, 4.69) is 10.3 Å². The highest BCUT2D eigenvalue weighted by Crippen LogP contribution is 2.35. The molecule has 0 aliphatic heterocycles. The van der Waals surface area contributed by atoms with Crippen molar-refractivity contribution in [2.24, 2.45) is 0 Å². The summed E-state index contributed by atoms with van der Waals surface area (Å²) in [6.07, 6.45) is 6.79. The molecule has 3 aromatic rings. The van der Waals surface area contributed by atoms with Crippen LogP contribution in [0.15, 0.2) is 66.9 Å². The third-order valence-electron chi connectivity index (χ3n) is 6.60. The van der Waals surface area contributed by atoms with Crippen LogP contribution in [0.5, 0.6) is 11.5 Å². The summed E-state index contributed by atoms with van der Waals surface area (Å²) in [4.78, 5) is 33.7. The zero-order chi connectivity index (χ0) is 25.5. The van der Waals surface area contributed by atoms with Crippen molar-refractivity contribution in [3.63, 3.8) is 0 Å². The van der Waals surface area contributed by atoms with Crippen molar-refractivity contribution in [1.29, 1.82) is 0 Å². The summed E-state index contributed by atoms with van der Waals surface area (Å²) in [5, 5.41) is 3.23. The molecule has 1 fully saturated rings. The number of hydrogen-bond donors (Lipinski definition) is 1. The molecule has 1 aliphatic carbocycles. The van der Waals surface area contributed by atoms with Crippen LogP contribution in [0.3, 0.4) is 0 Å². The predicted octanol–water partition coefficient (Wildman–Crippen LogP) is 5.24. The van der Waals surface area contributed by atoms with Crippen molar-refractivity contribution in [3.8, 4) is 11.5 Å². The molecule has 1 aromatic heterocycles. The quantitative estimate of drug-likeness (QED) is 0.470. The van der Waals surface area contributed by atoms with Gasteiger partial charge in [0.1, 0.15) is 11.7 Å². The summed E-state index contributed by atoms with van der Waals surface area (Å²) >= 11 is 0. The first-order valence-corrected chi connectivity index (χ1v) is 12.4. The minimum absolute atomic E-state index is 0.0821. The number of hydrogen-bond acceptors (Lipinski definition) is 5. The number of benzene rings is 2. The molecule has 7 heteroatoms. The molecule has 188 valence electrons. The maximum Gasteiger partial charge on any atom is 0.277 e. The van der Waals surface area contributed by atoms with Crippen LogP contribution in [0.2, 0.25) is 0 Å². The van der Waals surface area contributed by atoms with Crippen LogP contribution >= 0.6 is 0 Å². The molecule has 4 rings (SSSR count). The highest BCUT2D eigenvalue weighted by molar-refractivity contribution is 6.09. The number of carbonyl (C=O) groups is 2. The van der Waals surface area contributed by atoms with E-state index in [1.54, 1.807) is 56.8 Å². The van der Waals surface area contributed by atoms with Crippen molar-refractivity contribution in [3.05, 3.63) is 83.7 Å². The number of rotatable bonds is 8. The van der Waals surface area contributed by atoms with Crippen LogP contribution < -0.4 is 19.7 Å². The van der Waals surface area contributed by atoms with Crippen LogP contribution in [0.25, 0.3) is 0 Å². The summed E-state index contributed by atoms with van der Waals surface area (Å²) < 4.78 is 10.9. The van der Waals surface area contributed by atoms with Crippen molar-refractivity contribution in [2.45, 2.75) is 51.1 Å². The van der Waals surface area contributed by atoms with E-state index >= 15 is 0 Å². The fourth-order valence-electron chi connectivity index (χ4n) is 4.67. The monoisotopic (exact) mass is 487 g/mol. The molecule has 1 aliphatic rings. The molecule has 7 nitrogen and oxygen atoms in total. The third-order valence-corrected chi connectivity index (χ3v) is 6.60. The number of nitrogens with zero attached hydrogens (tertiary/aromatic N) is 2. The van der Waals surface area contributed by atoms with E-state index in [1.807, 2.05) is 31.2 Å². The first kappa shape index (κ1) is 25.2. The van der Waals surface area contributed by atoms with Crippen LogP contribution in [-0.4, -0.2) is 37.1 Å². The Kier molecular flexibility index (Phi) is 8.21. The third kappa shape index (κ3) is 5.67. The second-order valence-corrected chi connectivity index (χ2v) is 9.09. The molecule has 1 saturated carbocycles. The fourth-order valence-corrected chi connectivity index (χ4v) is 4.67. The van der Waals surface area contributed by atoms with Gasteiger partial charge in [-0.2, -0.15) is 0 Å². The van der Waals surface area contributed by atoms with Crippen molar-refractivity contribution in [2.75, 3.05) is 19.1 Å². The Morgan fingerprint density at radius 1 is 0.944 bits per heavy atom. The van der Waals surface area contributed by atoms with Gasteiger partial charge < -0.3 is 14.8 Å². The number of amides is 2. The van der Waals surface area contributed by atoms with Crippen LogP contribution in [0, 0.1) is 6.92 Å². The molecule has 36 heavy (non-hydrogen) atoms. The van der Waals surface area contributed by atoms with E-state index in [4.69, 9.17) is 9.47 Å². The Bertz CT molecular complexity index is 1170. The molecule has 0 saturated heterocycles. The maximum absolute atomic E-state index is 14.0. The van der Waals surface area contributed by atoms with Crippen LogP contribution in [0.1, 0.15) is 59.8 Å². The lowest BCUT2D eigenvalue weighted by molar-refractivity contribution is -0.123. The Balaban J connectivity index is 1.84. The summed E-state index contributed by atoms with van der Waals surface area (Å²) in [6, 6.07) is 17.2. The number of aryl methyl sites for hydroxylation is 1. The summed E-state index contributed by atoms with van der Waals surface area (Å²) in [7, 11) is 3.11. The van der Waals surface area contributed by atoms with E-state index in [0.717, 1.165) is 31.2 Å². The number of pyridine rings is 1. The van der Waals surface area contributed by atoms with Gasteiger partial charge in [0.05, 0.1) is 14.2 Å². The van der Waals surface area contributed by atoms with E-state index < -0.39 is 6.04 Å². The number of ether oxygens (including phenoxy) is 2. The molecule has 1 N–H and O–H groups in total. The molecule has 1 heterocycles. The van der Waals surface area contributed by atoms with E-state index in [0.29, 0.717) is 22.7 Å². The van der Waals surface area contributed by atoms with Crippen molar-refractivity contribution < 1.29 is 19.1 Å². The highest BCUT2D eigenvalue weighted by atomic mass is 16.5. The maximum atomic E-state index is 14.0. The molecular formula is C29H33N3O4. The van der Waals surface area contributed by atoms with E-state index in [-0.39, 0.29) is 23.6 Å². The molecule has 0 spiro atoms. The fraction of sp³-hybridized carbons (Fsp3) is 0.345. The Labute approximate surface area is 212 Å². The van der Waals surface area contributed by atoms with Crippen molar-refractivity contribution in [1.82, 2.24) is 10.3 Å².